The molecule has 2 saturated heterocycles. The van der Waals surface area contributed by atoms with E-state index in [4.69, 9.17) is 4.74 Å². The number of carbonyl (C=O) groups excluding carboxylic acids is 1. The van der Waals surface area contributed by atoms with E-state index in [1.807, 2.05) is 25.1 Å². The molecule has 0 aromatic carbocycles. The van der Waals surface area contributed by atoms with Crippen molar-refractivity contribution >= 4 is 5.91 Å². The standard InChI is InChI=1S/C26H40F2N4O2/c1-20(2)30-15-17-31(18-16-30)22-7-6-9-26(27,28)21(22)19-24(33)32-13-10-25(3,11-14-32)34-23-8-4-5-12-29-23/h4-5,8,12,20-22H,6-7,9-11,13-19H2,1-3H3/t21?,22-/m0/s1. The predicted octanol–water partition coefficient (Wildman–Crippen LogP) is 4.06. The van der Waals surface area contributed by atoms with E-state index in [1.54, 1.807) is 11.1 Å². The van der Waals surface area contributed by atoms with Crippen LogP contribution in [0.15, 0.2) is 24.4 Å². The number of nitrogens with zero attached hydrogens (tertiary/aromatic N) is 4. The van der Waals surface area contributed by atoms with Gasteiger partial charge in [0.1, 0.15) is 5.60 Å². The van der Waals surface area contributed by atoms with Crippen LogP contribution in [0.25, 0.3) is 0 Å². The van der Waals surface area contributed by atoms with Gasteiger partial charge < -0.3 is 9.64 Å². The number of aromatic nitrogens is 1. The highest BCUT2D eigenvalue weighted by molar-refractivity contribution is 5.76. The Bertz CT molecular complexity index is 806. The zero-order valence-corrected chi connectivity index (χ0v) is 20.9. The number of pyridine rings is 1. The summed E-state index contributed by atoms with van der Waals surface area (Å²) in [6.07, 6.45) is 4.13. The first-order valence-electron chi connectivity index (χ1n) is 12.9. The van der Waals surface area contributed by atoms with Gasteiger partial charge in [-0.25, -0.2) is 13.8 Å². The Morgan fingerprint density at radius 2 is 1.82 bits per heavy atom. The number of hydrogen-bond acceptors (Lipinski definition) is 5. The SMILES string of the molecule is CC(C)N1CCN([C@H]2CCCC(F)(F)C2CC(=O)N2CCC(C)(Oc3ccccn3)CC2)CC1. The molecule has 6 nitrogen and oxygen atoms in total. The van der Waals surface area contributed by atoms with Crippen molar-refractivity contribution < 1.29 is 18.3 Å². The van der Waals surface area contributed by atoms with E-state index in [0.717, 1.165) is 32.6 Å². The number of piperazine rings is 1. The summed E-state index contributed by atoms with van der Waals surface area (Å²) in [5.41, 5.74) is -0.404. The second kappa shape index (κ2) is 10.4. The number of carbonyl (C=O) groups is 1. The minimum Gasteiger partial charge on any atom is -0.471 e. The van der Waals surface area contributed by atoms with Gasteiger partial charge in [-0.3, -0.25) is 14.6 Å². The van der Waals surface area contributed by atoms with E-state index >= 15 is 8.78 Å². The maximum atomic E-state index is 15.1. The third-order valence-electron chi connectivity index (χ3n) is 8.12. The molecule has 1 aliphatic carbocycles. The van der Waals surface area contributed by atoms with Crippen LogP contribution in [0.3, 0.4) is 0 Å². The van der Waals surface area contributed by atoms with Crippen LogP contribution in [0.5, 0.6) is 5.88 Å². The Kier molecular flexibility index (Phi) is 7.77. The quantitative estimate of drug-likeness (QED) is 0.617. The summed E-state index contributed by atoms with van der Waals surface area (Å²) in [7, 11) is 0. The topological polar surface area (TPSA) is 48.9 Å². The molecule has 0 N–H and O–H groups in total. The van der Waals surface area contributed by atoms with Crippen LogP contribution in [0.4, 0.5) is 8.78 Å². The second-order valence-corrected chi connectivity index (χ2v) is 10.8. The Balaban J connectivity index is 1.35. The molecule has 190 valence electrons. The van der Waals surface area contributed by atoms with E-state index in [-0.39, 0.29) is 24.8 Å². The van der Waals surface area contributed by atoms with Crippen molar-refractivity contribution in [3.05, 3.63) is 24.4 Å². The third kappa shape index (κ3) is 5.88. The molecule has 0 radical (unpaired) electrons. The summed E-state index contributed by atoms with van der Waals surface area (Å²) in [6, 6.07) is 5.81. The van der Waals surface area contributed by atoms with Crippen LogP contribution in [0, 0.1) is 5.92 Å². The molecule has 8 heteroatoms. The van der Waals surface area contributed by atoms with Gasteiger partial charge in [-0.05, 0) is 39.7 Å². The fourth-order valence-electron chi connectivity index (χ4n) is 5.83. The molecule has 34 heavy (non-hydrogen) atoms. The third-order valence-corrected chi connectivity index (χ3v) is 8.12. The molecule has 4 rings (SSSR count). The van der Waals surface area contributed by atoms with Crippen molar-refractivity contribution in [3.63, 3.8) is 0 Å². The van der Waals surface area contributed by atoms with Crippen LogP contribution < -0.4 is 4.74 Å². The second-order valence-electron chi connectivity index (χ2n) is 10.8. The summed E-state index contributed by atoms with van der Waals surface area (Å²) < 4.78 is 36.4. The minimum atomic E-state index is -2.79. The molecule has 2 atom stereocenters. The Hall–Kier alpha value is -1.80. The lowest BCUT2D eigenvalue weighted by Crippen LogP contribution is -2.58. The largest absolute Gasteiger partial charge is 0.471 e. The molecule has 2 aliphatic heterocycles. The van der Waals surface area contributed by atoms with E-state index in [2.05, 4.69) is 28.6 Å². The van der Waals surface area contributed by atoms with Gasteiger partial charge in [0.05, 0.1) is 0 Å². The zero-order valence-electron chi connectivity index (χ0n) is 20.9. The van der Waals surface area contributed by atoms with Gasteiger partial charge >= 0.3 is 0 Å². The zero-order chi connectivity index (χ0) is 24.3. The molecule has 1 amide bonds. The number of hydrogen-bond donors (Lipinski definition) is 0. The molecule has 0 spiro atoms. The van der Waals surface area contributed by atoms with Crippen molar-refractivity contribution in [2.75, 3.05) is 39.3 Å². The van der Waals surface area contributed by atoms with Crippen LogP contribution in [-0.2, 0) is 4.79 Å². The average Bonchev–Trinajstić information content (AvgIpc) is 2.81. The summed E-state index contributed by atoms with van der Waals surface area (Å²) in [5, 5.41) is 0. The maximum Gasteiger partial charge on any atom is 0.252 e. The number of ether oxygens (including phenoxy) is 1. The van der Waals surface area contributed by atoms with Crippen molar-refractivity contribution in [1.29, 1.82) is 0 Å². The van der Waals surface area contributed by atoms with E-state index in [9.17, 15) is 4.79 Å². The molecule has 1 saturated carbocycles. The fourth-order valence-corrected chi connectivity index (χ4v) is 5.83. The molecule has 0 bridgehead atoms. The van der Waals surface area contributed by atoms with Gasteiger partial charge in [0.15, 0.2) is 0 Å². The van der Waals surface area contributed by atoms with Gasteiger partial charge in [0.25, 0.3) is 5.92 Å². The predicted molar refractivity (Wildman–Crippen MR) is 128 cm³/mol. The Labute approximate surface area is 202 Å². The van der Waals surface area contributed by atoms with E-state index in [0.29, 0.717) is 44.3 Å². The monoisotopic (exact) mass is 478 g/mol. The highest BCUT2D eigenvalue weighted by Gasteiger charge is 2.50. The first-order chi connectivity index (χ1) is 16.2. The lowest BCUT2D eigenvalue weighted by atomic mass is 9.77. The number of rotatable bonds is 6. The lowest BCUT2D eigenvalue weighted by molar-refractivity contribution is -0.152. The maximum absolute atomic E-state index is 15.1. The number of likely N-dealkylation sites (tertiary alicyclic amines) is 1. The molecule has 1 unspecified atom stereocenters. The number of alkyl halides is 2. The average molecular weight is 479 g/mol. The Morgan fingerprint density at radius 1 is 1.12 bits per heavy atom. The molecule has 3 aliphatic rings. The number of piperidine rings is 1. The summed E-state index contributed by atoms with van der Waals surface area (Å²) >= 11 is 0. The van der Waals surface area contributed by atoms with Crippen LogP contribution >= 0.6 is 0 Å². The lowest BCUT2D eigenvalue weighted by Gasteiger charge is -2.47. The highest BCUT2D eigenvalue weighted by Crippen LogP contribution is 2.43. The normalized spacial score (nSPS) is 28.1. The summed E-state index contributed by atoms with van der Waals surface area (Å²) in [4.78, 5) is 23.8. The fraction of sp³-hybridized carbons (Fsp3) is 0.769. The highest BCUT2D eigenvalue weighted by atomic mass is 19.3. The summed E-state index contributed by atoms with van der Waals surface area (Å²) in [5.74, 6) is -3.26. The molecule has 1 aromatic heterocycles. The molecular formula is C26H40F2N4O2. The van der Waals surface area contributed by atoms with E-state index < -0.39 is 17.4 Å². The molecular weight excluding hydrogens is 438 g/mol. The molecule has 1 aromatic rings. The van der Waals surface area contributed by atoms with Crippen LogP contribution in [-0.4, -0.2) is 88.5 Å². The van der Waals surface area contributed by atoms with Crippen molar-refractivity contribution in [3.8, 4) is 5.88 Å². The van der Waals surface area contributed by atoms with Gasteiger partial charge in [-0.15, -0.1) is 0 Å². The molecule has 3 fully saturated rings. The number of amides is 1. The smallest absolute Gasteiger partial charge is 0.252 e. The van der Waals surface area contributed by atoms with Crippen LogP contribution in [0.1, 0.15) is 59.3 Å². The summed E-state index contributed by atoms with van der Waals surface area (Å²) in [6.45, 7) is 10.9. The minimum absolute atomic E-state index is 0.0696. The van der Waals surface area contributed by atoms with Gasteiger partial charge in [-0.2, -0.15) is 0 Å². The van der Waals surface area contributed by atoms with Gasteiger partial charge in [-0.1, -0.05) is 6.07 Å². The van der Waals surface area contributed by atoms with Crippen molar-refractivity contribution in [1.82, 2.24) is 19.7 Å². The van der Waals surface area contributed by atoms with Gasteiger partial charge in [0.2, 0.25) is 11.8 Å². The molecule has 3 heterocycles. The van der Waals surface area contributed by atoms with E-state index in [1.165, 1.54) is 0 Å². The Morgan fingerprint density at radius 3 is 2.44 bits per heavy atom. The van der Waals surface area contributed by atoms with Crippen molar-refractivity contribution in [2.24, 2.45) is 5.92 Å². The first kappa shape index (κ1) is 25.3. The van der Waals surface area contributed by atoms with Crippen molar-refractivity contribution in [2.45, 2.75) is 82.9 Å². The van der Waals surface area contributed by atoms with Gasteiger partial charge in [0, 0.05) is 95.2 Å². The number of halogens is 2. The first-order valence-corrected chi connectivity index (χ1v) is 12.9. The van der Waals surface area contributed by atoms with Crippen LogP contribution in [0.2, 0.25) is 0 Å².